The highest BCUT2D eigenvalue weighted by atomic mass is 35.5. The predicted molar refractivity (Wildman–Crippen MR) is 77.5 cm³/mol. The van der Waals surface area contributed by atoms with E-state index in [0.29, 0.717) is 26.2 Å². The Kier molecular flexibility index (Phi) is 7.05. The summed E-state index contributed by atoms with van der Waals surface area (Å²) in [4.78, 5) is 1.79. The quantitative estimate of drug-likeness (QED) is 0.826. The lowest BCUT2D eigenvalue weighted by Crippen LogP contribution is -2.46. The van der Waals surface area contributed by atoms with Crippen LogP contribution < -0.4 is 5.32 Å². The standard InChI is InChI=1S/C14H18F4N2O.ClH/c15-11-3-1-2-10(14(16,17)18)13(11)12(4-9-21)20-7-5-19-6-8-20;/h1-3,12,19,21H,4-9H2;1H/t12-;/m1./s1. The Morgan fingerprint density at radius 1 is 1.23 bits per heavy atom. The number of hydrogen-bond donors (Lipinski definition) is 2. The van der Waals surface area contributed by atoms with Crippen LogP contribution in [0.1, 0.15) is 23.6 Å². The van der Waals surface area contributed by atoms with Gasteiger partial charge in [0.2, 0.25) is 0 Å². The third-order valence-corrected chi connectivity index (χ3v) is 3.69. The van der Waals surface area contributed by atoms with Crippen LogP contribution in [0, 0.1) is 5.82 Å². The van der Waals surface area contributed by atoms with E-state index in [2.05, 4.69) is 5.32 Å². The molecule has 2 rings (SSSR count). The Balaban J connectivity index is 0.00000242. The normalized spacial score (nSPS) is 17.9. The Hall–Kier alpha value is -0.890. The Bertz CT molecular complexity index is 478. The van der Waals surface area contributed by atoms with Gasteiger partial charge < -0.3 is 10.4 Å². The zero-order valence-electron chi connectivity index (χ0n) is 11.9. The second-order valence-electron chi connectivity index (χ2n) is 5.01. The van der Waals surface area contributed by atoms with Crippen LogP contribution in [0.3, 0.4) is 0 Å². The summed E-state index contributed by atoms with van der Waals surface area (Å²) in [5.41, 5.74) is -1.32. The fraction of sp³-hybridized carbons (Fsp3) is 0.571. The maximum atomic E-state index is 14.1. The molecule has 2 N–H and O–H groups in total. The molecule has 1 aliphatic heterocycles. The second kappa shape index (κ2) is 8.10. The first-order chi connectivity index (χ1) is 9.95. The van der Waals surface area contributed by atoms with Crippen molar-refractivity contribution in [2.45, 2.75) is 18.6 Å². The van der Waals surface area contributed by atoms with Gasteiger partial charge in [-0.15, -0.1) is 12.4 Å². The van der Waals surface area contributed by atoms with Gasteiger partial charge in [0.25, 0.3) is 0 Å². The average Bonchev–Trinajstić information content (AvgIpc) is 2.45. The number of piperazine rings is 1. The first-order valence-electron chi connectivity index (χ1n) is 6.86. The van der Waals surface area contributed by atoms with E-state index in [0.717, 1.165) is 18.2 Å². The molecule has 0 bridgehead atoms. The molecule has 22 heavy (non-hydrogen) atoms. The molecule has 0 aliphatic carbocycles. The summed E-state index contributed by atoms with van der Waals surface area (Å²) < 4.78 is 53.5. The number of nitrogens with zero attached hydrogens (tertiary/aromatic N) is 1. The lowest BCUT2D eigenvalue weighted by molar-refractivity contribution is -0.139. The van der Waals surface area contributed by atoms with Gasteiger partial charge in [0, 0.05) is 44.4 Å². The third kappa shape index (κ3) is 4.32. The second-order valence-corrected chi connectivity index (χ2v) is 5.01. The molecule has 0 radical (unpaired) electrons. The number of benzene rings is 1. The van der Waals surface area contributed by atoms with Crippen molar-refractivity contribution in [3.63, 3.8) is 0 Å². The maximum Gasteiger partial charge on any atom is 0.416 e. The van der Waals surface area contributed by atoms with Crippen molar-refractivity contribution < 1.29 is 22.7 Å². The number of aliphatic hydroxyl groups excluding tert-OH is 1. The summed E-state index contributed by atoms with van der Waals surface area (Å²) in [7, 11) is 0. The molecule has 0 amide bonds. The number of hydrogen-bond acceptors (Lipinski definition) is 3. The molecular weight excluding hydrogens is 324 g/mol. The van der Waals surface area contributed by atoms with Gasteiger partial charge in [-0.25, -0.2) is 4.39 Å². The lowest BCUT2D eigenvalue weighted by Gasteiger charge is -2.36. The van der Waals surface area contributed by atoms with Crippen LogP contribution in [0.2, 0.25) is 0 Å². The Labute approximate surface area is 132 Å². The molecule has 1 saturated heterocycles. The van der Waals surface area contributed by atoms with Gasteiger partial charge in [-0.3, -0.25) is 4.90 Å². The van der Waals surface area contributed by atoms with E-state index in [-0.39, 0.29) is 31.0 Å². The number of nitrogens with one attached hydrogen (secondary N) is 1. The minimum atomic E-state index is -4.61. The molecule has 1 heterocycles. The fourth-order valence-corrected chi connectivity index (χ4v) is 2.75. The highest BCUT2D eigenvalue weighted by molar-refractivity contribution is 5.85. The first kappa shape index (κ1) is 19.2. The number of rotatable bonds is 4. The van der Waals surface area contributed by atoms with E-state index in [1.54, 1.807) is 4.90 Å². The Morgan fingerprint density at radius 2 is 1.86 bits per heavy atom. The van der Waals surface area contributed by atoms with Crippen molar-refractivity contribution in [1.82, 2.24) is 10.2 Å². The molecule has 0 saturated carbocycles. The van der Waals surface area contributed by atoms with Crippen molar-refractivity contribution in [2.75, 3.05) is 32.8 Å². The minimum absolute atomic E-state index is 0. The first-order valence-corrected chi connectivity index (χ1v) is 6.86. The smallest absolute Gasteiger partial charge is 0.396 e. The summed E-state index contributed by atoms with van der Waals surface area (Å²) in [6.07, 6.45) is -4.54. The monoisotopic (exact) mass is 342 g/mol. The summed E-state index contributed by atoms with van der Waals surface area (Å²) in [5, 5.41) is 12.3. The van der Waals surface area contributed by atoms with Crippen molar-refractivity contribution in [3.8, 4) is 0 Å². The van der Waals surface area contributed by atoms with Crippen molar-refractivity contribution in [1.29, 1.82) is 0 Å². The van der Waals surface area contributed by atoms with Crippen molar-refractivity contribution in [2.24, 2.45) is 0 Å². The zero-order valence-corrected chi connectivity index (χ0v) is 12.7. The molecule has 3 nitrogen and oxygen atoms in total. The van der Waals surface area contributed by atoms with Crippen molar-refractivity contribution in [3.05, 3.63) is 35.1 Å². The van der Waals surface area contributed by atoms with Crippen LogP contribution in [0.4, 0.5) is 17.6 Å². The molecule has 1 aromatic rings. The lowest BCUT2D eigenvalue weighted by atomic mass is 9.95. The third-order valence-electron chi connectivity index (χ3n) is 3.69. The fourth-order valence-electron chi connectivity index (χ4n) is 2.75. The number of halogens is 5. The molecule has 0 aromatic heterocycles. The van der Waals surface area contributed by atoms with E-state index in [1.165, 1.54) is 0 Å². The average molecular weight is 343 g/mol. The van der Waals surface area contributed by atoms with Crippen LogP contribution in [0.15, 0.2) is 18.2 Å². The summed E-state index contributed by atoms with van der Waals surface area (Å²) in [6.45, 7) is 2.03. The zero-order chi connectivity index (χ0) is 15.5. The van der Waals surface area contributed by atoms with Crippen LogP contribution >= 0.6 is 12.4 Å². The van der Waals surface area contributed by atoms with Gasteiger partial charge in [-0.1, -0.05) is 6.07 Å². The SMILES string of the molecule is Cl.OCC[C@H](c1c(F)cccc1C(F)(F)F)N1CCNCC1. The predicted octanol–water partition coefficient (Wildman–Crippen LogP) is 2.60. The van der Waals surface area contributed by atoms with Gasteiger partial charge in [0.1, 0.15) is 5.82 Å². The van der Waals surface area contributed by atoms with Gasteiger partial charge in [0.05, 0.1) is 5.56 Å². The summed E-state index contributed by atoms with van der Waals surface area (Å²) >= 11 is 0. The molecule has 8 heteroatoms. The van der Waals surface area contributed by atoms with E-state index < -0.39 is 23.6 Å². The van der Waals surface area contributed by atoms with Crippen LogP contribution in [0.25, 0.3) is 0 Å². The maximum absolute atomic E-state index is 14.1. The van der Waals surface area contributed by atoms with Crippen LogP contribution in [-0.2, 0) is 6.18 Å². The van der Waals surface area contributed by atoms with Crippen LogP contribution in [-0.4, -0.2) is 42.8 Å². The highest BCUT2D eigenvalue weighted by Crippen LogP contribution is 2.38. The molecular formula is C14H19ClF4N2O. The molecule has 1 atom stereocenters. The van der Waals surface area contributed by atoms with Gasteiger partial charge in [-0.2, -0.15) is 13.2 Å². The van der Waals surface area contributed by atoms with Crippen molar-refractivity contribution >= 4 is 12.4 Å². The molecule has 0 unspecified atom stereocenters. The van der Waals surface area contributed by atoms with Gasteiger partial charge in [0.15, 0.2) is 0 Å². The van der Waals surface area contributed by atoms with E-state index in [4.69, 9.17) is 5.11 Å². The summed E-state index contributed by atoms with van der Waals surface area (Å²) in [5.74, 6) is -0.873. The van der Waals surface area contributed by atoms with E-state index in [1.807, 2.05) is 0 Å². The number of aliphatic hydroxyl groups is 1. The van der Waals surface area contributed by atoms with E-state index in [9.17, 15) is 17.6 Å². The molecule has 0 spiro atoms. The molecule has 1 fully saturated rings. The van der Waals surface area contributed by atoms with Gasteiger partial charge in [-0.05, 0) is 18.6 Å². The highest BCUT2D eigenvalue weighted by Gasteiger charge is 2.38. The van der Waals surface area contributed by atoms with E-state index >= 15 is 0 Å². The Morgan fingerprint density at radius 3 is 2.41 bits per heavy atom. The van der Waals surface area contributed by atoms with Crippen LogP contribution in [0.5, 0.6) is 0 Å². The number of alkyl halides is 3. The molecule has 126 valence electrons. The largest absolute Gasteiger partial charge is 0.416 e. The molecule has 1 aromatic carbocycles. The van der Waals surface area contributed by atoms with Gasteiger partial charge >= 0.3 is 6.18 Å². The minimum Gasteiger partial charge on any atom is -0.396 e. The molecule has 1 aliphatic rings. The topological polar surface area (TPSA) is 35.5 Å². The summed E-state index contributed by atoms with van der Waals surface area (Å²) in [6, 6.07) is 2.23.